The molecule has 98 valence electrons. The third-order valence-electron chi connectivity index (χ3n) is 3.42. The summed E-state index contributed by atoms with van der Waals surface area (Å²) in [5.41, 5.74) is 11.0. The van der Waals surface area contributed by atoms with Crippen LogP contribution in [0.4, 0.5) is 5.69 Å². The van der Waals surface area contributed by atoms with Gasteiger partial charge in [-0.3, -0.25) is 14.3 Å². The molecule has 2 rings (SSSR count). The molecule has 1 saturated heterocycles. The van der Waals surface area contributed by atoms with Crippen molar-refractivity contribution < 1.29 is 9.59 Å². The Bertz CT molecular complexity index is 510. The molecule has 1 aliphatic heterocycles. The van der Waals surface area contributed by atoms with Crippen molar-refractivity contribution in [2.45, 2.75) is 13.3 Å². The third-order valence-corrected chi connectivity index (χ3v) is 3.42. The maximum Gasteiger partial charge on any atom is 0.276 e. The lowest BCUT2D eigenvalue weighted by molar-refractivity contribution is -0.126. The number of primary amides is 1. The van der Waals surface area contributed by atoms with Gasteiger partial charge in [0.2, 0.25) is 5.91 Å². The molecule has 0 aliphatic carbocycles. The number of nitrogen functional groups attached to an aromatic ring is 1. The van der Waals surface area contributed by atoms with E-state index in [1.54, 1.807) is 25.1 Å². The molecule has 1 aromatic heterocycles. The van der Waals surface area contributed by atoms with Crippen molar-refractivity contribution in [3.8, 4) is 0 Å². The number of aryl methyl sites for hydroxylation is 1. The Balaban J connectivity index is 2.18. The molecule has 7 nitrogen and oxygen atoms in total. The van der Waals surface area contributed by atoms with E-state index in [0.29, 0.717) is 25.2 Å². The highest BCUT2D eigenvalue weighted by Gasteiger charge is 2.41. The molecule has 2 heterocycles. The Morgan fingerprint density at radius 2 is 2.17 bits per heavy atom. The van der Waals surface area contributed by atoms with Crippen molar-refractivity contribution >= 4 is 17.5 Å². The molecule has 1 atom stereocenters. The molecule has 1 aliphatic rings. The molecule has 0 bridgehead atoms. The van der Waals surface area contributed by atoms with Crippen LogP contribution in [0.2, 0.25) is 0 Å². The van der Waals surface area contributed by atoms with E-state index in [0.717, 1.165) is 0 Å². The number of likely N-dealkylation sites (tertiary alicyclic amines) is 1. The van der Waals surface area contributed by atoms with Crippen molar-refractivity contribution in [2.75, 3.05) is 18.8 Å². The zero-order valence-corrected chi connectivity index (χ0v) is 10.5. The fourth-order valence-corrected chi connectivity index (χ4v) is 2.16. The van der Waals surface area contributed by atoms with Crippen LogP contribution in [0.25, 0.3) is 0 Å². The molecule has 18 heavy (non-hydrogen) atoms. The van der Waals surface area contributed by atoms with Crippen LogP contribution >= 0.6 is 0 Å². The summed E-state index contributed by atoms with van der Waals surface area (Å²) in [5.74, 6) is -0.634. The summed E-state index contributed by atoms with van der Waals surface area (Å²) in [6.07, 6.45) is 2.15. The number of carbonyl (C=O) groups excluding carboxylic acids is 2. The number of nitrogens with two attached hydrogens (primary N) is 2. The van der Waals surface area contributed by atoms with Crippen LogP contribution in [0.1, 0.15) is 23.8 Å². The SMILES string of the molecule is Cn1cc(N)c(C(=O)N2CCC(C)(C(N)=O)C2)n1. The summed E-state index contributed by atoms with van der Waals surface area (Å²) < 4.78 is 1.49. The minimum Gasteiger partial charge on any atom is -0.396 e. The van der Waals surface area contributed by atoms with Gasteiger partial charge in [-0.15, -0.1) is 0 Å². The largest absolute Gasteiger partial charge is 0.396 e. The van der Waals surface area contributed by atoms with E-state index in [-0.39, 0.29) is 17.5 Å². The summed E-state index contributed by atoms with van der Waals surface area (Å²) in [6, 6.07) is 0. The second-order valence-electron chi connectivity index (χ2n) is 5.01. The first kappa shape index (κ1) is 12.4. The normalized spacial score (nSPS) is 23.3. The Kier molecular flexibility index (Phi) is 2.76. The first-order valence-corrected chi connectivity index (χ1v) is 5.72. The van der Waals surface area contributed by atoms with Crippen LogP contribution in [0.5, 0.6) is 0 Å². The summed E-state index contributed by atoms with van der Waals surface area (Å²) >= 11 is 0. The smallest absolute Gasteiger partial charge is 0.276 e. The van der Waals surface area contributed by atoms with Crippen LogP contribution in [0.15, 0.2) is 6.20 Å². The van der Waals surface area contributed by atoms with E-state index in [1.165, 1.54) is 4.68 Å². The molecule has 0 radical (unpaired) electrons. The molecule has 0 saturated carbocycles. The lowest BCUT2D eigenvalue weighted by Crippen LogP contribution is -2.38. The topological polar surface area (TPSA) is 107 Å². The number of aromatic nitrogens is 2. The third kappa shape index (κ3) is 1.92. The average molecular weight is 251 g/mol. The van der Waals surface area contributed by atoms with Gasteiger partial charge in [0.15, 0.2) is 5.69 Å². The number of hydrogen-bond acceptors (Lipinski definition) is 4. The molecule has 1 fully saturated rings. The first-order valence-electron chi connectivity index (χ1n) is 5.72. The van der Waals surface area contributed by atoms with Gasteiger partial charge < -0.3 is 16.4 Å². The minimum atomic E-state index is -0.654. The molecule has 7 heteroatoms. The summed E-state index contributed by atoms with van der Waals surface area (Å²) in [5, 5.41) is 4.03. The maximum absolute atomic E-state index is 12.2. The predicted octanol–water partition coefficient (Wildman–Crippen LogP) is -0.660. The Morgan fingerprint density at radius 3 is 2.61 bits per heavy atom. The maximum atomic E-state index is 12.2. The zero-order valence-electron chi connectivity index (χ0n) is 10.5. The van der Waals surface area contributed by atoms with Crippen molar-refractivity contribution in [3.05, 3.63) is 11.9 Å². The van der Waals surface area contributed by atoms with E-state index in [2.05, 4.69) is 5.10 Å². The van der Waals surface area contributed by atoms with Gasteiger partial charge in [-0.05, 0) is 13.3 Å². The van der Waals surface area contributed by atoms with Crippen LogP contribution < -0.4 is 11.5 Å². The number of hydrogen-bond donors (Lipinski definition) is 2. The van der Waals surface area contributed by atoms with Crippen LogP contribution in [-0.4, -0.2) is 39.6 Å². The Morgan fingerprint density at radius 1 is 1.50 bits per heavy atom. The lowest BCUT2D eigenvalue weighted by atomic mass is 9.89. The first-order chi connectivity index (χ1) is 8.33. The molecule has 2 amide bonds. The Hall–Kier alpha value is -2.05. The summed E-state index contributed by atoms with van der Waals surface area (Å²) in [4.78, 5) is 25.1. The molecule has 1 aromatic rings. The highest BCUT2D eigenvalue weighted by atomic mass is 16.2. The average Bonchev–Trinajstić information content (AvgIpc) is 2.82. The molecule has 0 spiro atoms. The van der Waals surface area contributed by atoms with Crippen molar-refractivity contribution in [1.29, 1.82) is 0 Å². The minimum absolute atomic E-state index is 0.228. The highest BCUT2D eigenvalue weighted by molar-refractivity contribution is 5.97. The van der Waals surface area contributed by atoms with E-state index < -0.39 is 5.41 Å². The quantitative estimate of drug-likeness (QED) is 0.727. The van der Waals surface area contributed by atoms with Gasteiger partial charge in [0.05, 0.1) is 11.1 Å². The van der Waals surface area contributed by atoms with Gasteiger partial charge >= 0.3 is 0 Å². The van der Waals surface area contributed by atoms with Crippen LogP contribution in [-0.2, 0) is 11.8 Å². The second kappa shape index (κ2) is 4.01. The van der Waals surface area contributed by atoms with Gasteiger partial charge in [-0.1, -0.05) is 0 Å². The molecular weight excluding hydrogens is 234 g/mol. The van der Waals surface area contributed by atoms with Crippen molar-refractivity contribution in [3.63, 3.8) is 0 Å². The van der Waals surface area contributed by atoms with Crippen LogP contribution in [0, 0.1) is 5.41 Å². The summed E-state index contributed by atoms with van der Waals surface area (Å²) in [7, 11) is 1.70. The number of rotatable bonds is 2. The van der Waals surface area contributed by atoms with Crippen molar-refractivity contribution in [1.82, 2.24) is 14.7 Å². The monoisotopic (exact) mass is 251 g/mol. The highest BCUT2D eigenvalue weighted by Crippen LogP contribution is 2.30. The van der Waals surface area contributed by atoms with E-state index >= 15 is 0 Å². The molecular formula is C11H17N5O2. The Labute approximate surface area is 105 Å². The van der Waals surface area contributed by atoms with E-state index in [1.807, 2.05) is 0 Å². The van der Waals surface area contributed by atoms with Gasteiger partial charge in [0, 0.05) is 26.3 Å². The standard InChI is InChI=1S/C11H17N5O2/c1-11(10(13)18)3-4-16(6-11)9(17)8-7(12)5-15(2)14-8/h5H,3-4,6,12H2,1-2H3,(H2,13,18). The van der Waals surface area contributed by atoms with Gasteiger partial charge in [-0.25, -0.2) is 0 Å². The van der Waals surface area contributed by atoms with E-state index in [9.17, 15) is 9.59 Å². The molecule has 1 unspecified atom stereocenters. The van der Waals surface area contributed by atoms with Gasteiger partial charge in [-0.2, -0.15) is 5.10 Å². The molecule has 4 N–H and O–H groups in total. The van der Waals surface area contributed by atoms with Gasteiger partial charge in [0.25, 0.3) is 5.91 Å². The lowest BCUT2D eigenvalue weighted by Gasteiger charge is -2.20. The van der Waals surface area contributed by atoms with E-state index in [4.69, 9.17) is 11.5 Å². The van der Waals surface area contributed by atoms with Crippen LogP contribution in [0.3, 0.4) is 0 Å². The second-order valence-corrected chi connectivity index (χ2v) is 5.01. The number of carbonyl (C=O) groups is 2. The number of nitrogens with zero attached hydrogens (tertiary/aromatic N) is 3. The van der Waals surface area contributed by atoms with Crippen molar-refractivity contribution in [2.24, 2.45) is 18.2 Å². The fourth-order valence-electron chi connectivity index (χ4n) is 2.16. The molecule has 0 aromatic carbocycles. The number of anilines is 1. The summed E-state index contributed by atoms with van der Waals surface area (Å²) in [6.45, 7) is 2.58. The fraction of sp³-hybridized carbons (Fsp3) is 0.545. The van der Waals surface area contributed by atoms with Gasteiger partial charge in [0.1, 0.15) is 0 Å². The predicted molar refractivity (Wildman–Crippen MR) is 65.4 cm³/mol. The zero-order chi connectivity index (χ0) is 13.5. The number of amides is 2.